The predicted molar refractivity (Wildman–Crippen MR) is 115 cm³/mol. The molecule has 1 heterocycles. The zero-order valence-corrected chi connectivity index (χ0v) is 16.2. The van der Waals surface area contributed by atoms with Crippen LogP contribution in [-0.4, -0.2) is 23.1 Å². The van der Waals surface area contributed by atoms with Crippen LogP contribution in [0.5, 0.6) is 5.75 Å². The fraction of sp³-hybridized carbons (Fsp3) is 0.273. The Bertz CT molecular complexity index is 853. The molecule has 1 aromatic heterocycles. The van der Waals surface area contributed by atoms with E-state index in [0.29, 0.717) is 17.3 Å². The van der Waals surface area contributed by atoms with Crippen molar-refractivity contribution < 1.29 is 4.74 Å². The van der Waals surface area contributed by atoms with E-state index in [1.807, 2.05) is 42.5 Å². The second kappa shape index (κ2) is 10.2. The zero-order chi connectivity index (χ0) is 19.6. The van der Waals surface area contributed by atoms with Crippen LogP contribution in [-0.2, 0) is 6.42 Å². The Morgan fingerprint density at radius 2 is 1.71 bits per heavy atom. The van der Waals surface area contributed by atoms with Gasteiger partial charge in [-0.15, -0.1) is 0 Å². The summed E-state index contributed by atoms with van der Waals surface area (Å²) in [6.45, 7) is 3.63. The van der Waals surface area contributed by atoms with E-state index in [1.54, 1.807) is 0 Å². The van der Waals surface area contributed by atoms with E-state index in [0.717, 1.165) is 43.9 Å². The van der Waals surface area contributed by atoms with Crippen LogP contribution in [0.25, 0.3) is 0 Å². The Morgan fingerprint density at radius 3 is 2.46 bits per heavy atom. The molecule has 3 aromatic rings. The van der Waals surface area contributed by atoms with E-state index >= 15 is 0 Å². The third-order valence-electron chi connectivity index (χ3n) is 4.32. The van der Waals surface area contributed by atoms with Crippen molar-refractivity contribution in [2.75, 3.05) is 29.5 Å². The van der Waals surface area contributed by atoms with Crippen molar-refractivity contribution in [2.45, 2.75) is 26.2 Å². The average molecular weight is 377 g/mol. The van der Waals surface area contributed by atoms with Crippen LogP contribution in [0.1, 0.15) is 25.3 Å². The molecule has 6 heteroatoms. The summed E-state index contributed by atoms with van der Waals surface area (Å²) in [7, 11) is 0. The molecule has 0 amide bonds. The largest absolute Gasteiger partial charge is 0.494 e. The SMILES string of the molecule is CCCCOc1ccc(Nc2ncnc(NCCc3ccccc3)c2N)cc1. The molecule has 146 valence electrons. The molecule has 0 aliphatic rings. The minimum absolute atomic E-state index is 0.499. The highest BCUT2D eigenvalue weighted by molar-refractivity contribution is 5.77. The quantitative estimate of drug-likeness (QED) is 0.447. The highest BCUT2D eigenvalue weighted by Crippen LogP contribution is 2.26. The second-order valence-electron chi connectivity index (χ2n) is 6.50. The predicted octanol–water partition coefficient (Wildman–Crippen LogP) is 4.64. The molecule has 0 atom stereocenters. The molecule has 0 bridgehead atoms. The first-order chi connectivity index (χ1) is 13.8. The number of nitrogens with one attached hydrogen (secondary N) is 2. The van der Waals surface area contributed by atoms with Gasteiger partial charge in [0.05, 0.1) is 6.61 Å². The number of nitrogen functional groups attached to an aromatic ring is 1. The molecule has 28 heavy (non-hydrogen) atoms. The maximum Gasteiger partial charge on any atom is 0.159 e. The van der Waals surface area contributed by atoms with Gasteiger partial charge in [0.25, 0.3) is 0 Å². The second-order valence-corrected chi connectivity index (χ2v) is 6.50. The molecule has 0 saturated carbocycles. The van der Waals surface area contributed by atoms with Crippen molar-refractivity contribution in [2.24, 2.45) is 0 Å². The van der Waals surface area contributed by atoms with Gasteiger partial charge in [0.1, 0.15) is 17.8 Å². The number of rotatable bonds is 10. The highest BCUT2D eigenvalue weighted by atomic mass is 16.5. The van der Waals surface area contributed by atoms with Crippen molar-refractivity contribution >= 4 is 23.0 Å². The van der Waals surface area contributed by atoms with Crippen molar-refractivity contribution in [1.29, 1.82) is 0 Å². The van der Waals surface area contributed by atoms with E-state index in [2.05, 4.69) is 39.7 Å². The molecular formula is C22H27N5O. The average Bonchev–Trinajstić information content (AvgIpc) is 2.73. The summed E-state index contributed by atoms with van der Waals surface area (Å²) in [4.78, 5) is 8.53. The Kier molecular flexibility index (Phi) is 7.07. The van der Waals surface area contributed by atoms with Gasteiger partial charge in [-0.1, -0.05) is 43.7 Å². The Hall–Kier alpha value is -3.28. The number of hydrogen-bond acceptors (Lipinski definition) is 6. The van der Waals surface area contributed by atoms with Gasteiger partial charge in [0.15, 0.2) is 11.6 Å². The monoisotopic (exact) mass is 377 g/mol. The van der Waals surface area contributed by atoms with E-state index in [-0.39, 0.29) is 0 Å². The van der Waals surface area contributed by atoms with Gasteiger partial charge in [-0.2, -0.15) is 0 Å². The van der Waals surface area contributed by atoms with E-state index in [1.165, 1.54) is 11.9 Å². The molecule has 0 fully saturated rings. The smallest absolute Gasteiger partial charge is 0.159 e. The number of hydrogen-bond donors (Lipinski definition) is 3. The lowest BCUT2D eigenvalue weighted by atomic mass is 10.1. The molecule has 0 aliphatic carbocycles. The van der Waals surface area contributed by atoms with Crippen LogP contribution in [0.15, 0.2) is 60.9 Å². The number of nitrogens with zero attached hydrogens (tertiary/aromatic N) is 2. The lowest BCUT2D eigenvalue weighted by Crippen LogP contribution is -2.10. The fourth-order valence-electron chi connectivity index (χ4n) is 2.71. The number of anilines is 4. The molecule has 0 aliphatic heterocycles. The number of ether oxygens (including phenoxy) is 1. The number of benzene rings is 2. The first kappa shape index (κ1) is 19.5. The standard InChI is InChI=1S/C22H27N5O/c1-2-3-15-28-19-11-9-18(10-12-19)27-22-20(23)21(25-16-26-22)24-14-13-17-7-5-4-6-8-17/h4-12,16H,2-3,13-15,23H2,1H3,(H2,24,25,26,27). The van der Waals surface area contributed by atoms with Crippen molar-refractivity contribution in [3.63, 3.8) is 0 Å². The summed E-state index contributed by atoms with van der Waals surface area (Å²) < 4.78 is 5.69. The van der Waals surface area contributed by atoms with Crippen LogP contribution in [0.4, 0.5) is 23.0 Å². The summed E-state index contributed by atoms with van der Waals surface area (Å²) in [6, 6.07) is 18.1. The maximum atomic E-state index is 6.25. The first-order valence-electron chi connectivity index (χ1n) is 9.64. The molecule has 4 N–H and O–H groups in total. The summed E-state index contributed by atoms with van der Waals surface area (Å²) in [5, 5.41) is 6.53. The minimum atomic E-state index is 0.499. The summed E-state index contributed by atoms with van der Waals surface area (Å²) in [5.41, 5.74) is 8.90. The van der Waals surface area contributed by atoms with Crippen molar-refractivity contribution in [3.8, 4) is 5.75 Å². The number of nitrogens with two attached hydrogens (primary N) is 1. The van der Waals surface area contributed by atoms with Crippen LogP contribution in [0.2, 0.25) is 0 Å². The zero-order valence-electron chi connectivity index (χ0n) is 16.2. The van der Waals surface area contributed by atoms with E-state index < -0.39 is 0 Å². The van der Waals surface area contributed by atoms with Crippen LogP contribution >= 0.6 is 0 Å². The minimum Gasteiger partial charge on any atom is -0.494 e. The lowest BCUT2D eigenvalue weighted by molar-refractivity contribution is 0.309. The number of aromatic nitrogens is 2. The first-order valence-corrected chi connectivity index (χ1v) is 9.64. The molecule has 2 aromatic carbocycles. The van der Waals surface area contributed by atoms with Gasteiger partial charge in [-0.05, 0) is 42.7 Å². The van der Waals surface area contributed by atoms with Crippen LogP contribution in [0, 0.1) is 0 Å². The van der Waals surface area contributed by atoms with E-state index in [9.17, 15) is 0 Å². The maximum absolute atomic E-state index is 6.25. The Labute approximate surface area is 166 Å². The summed E-state index contributed by atoms with van der Waals surface area (Å²) in [5.74, 6) is 2.07. The van der Waals surface area contributed by atoms with Gasteiger partial charge in [0, 0.05) is 12.2 Å². The molecular weight excluding hydrogens is 350 g/mol. The van der Waals surface area contributed by atoms with Crippen LogP contribution < -0.4 is 21.1 Å². The van der Waals surface area contributed by atoms with Crippen LogP contribution in [0.3, 0.4) is 0 Å². The van der Waals surface area contributed by atoms with Gasteiger partial charge < -0.3 is 21.1 Å². The summed E-state index contributed by atoms with van der Waals surface area (Å²) >= 11 is 0. The molecule has 0 unspecified atom stereocenters. The topological polar surface area (TPSA) is 85.1 Å². The van der Waals surface area contributed by atoms with Crippen molar-refractivity contribution in [3.05, 3.63) is 66.5 Å². The van der Waals surface area contributed by atoms with Crippen molar-refractivity contribution in [1.82, 2.24) is 9.97 Å². The lowest BCUT2D eigenvalue weighted by Gasteiger charge is -2.13. The van der Waals surface area contributed by atoms with Gasteiger partial charge in [0.2, 0.25) is 0 Å². The molecule has 3 rings (SSSR count). The molecule has 0 radical (unpaired) electrons. The Balaban J connectivity index is 1.57. The normalized spacial score (nSPS) is 10.5. The fourth-order valence-corrected chi connectivity index (χ4v) is 2.71. The molecule has 0 saturated heterocycles. The molecule has 6 nitrogen and oxygen atoms in total. The van der Waals surface area contributed by atoms with E-state index in [4.69, 9.17) is 10.5 Å². The third-order valence-corrected chi connectivity index (χ3v) is 4.32. The molecule has 0 spiro atoms. The summed E-state index contributed by atoms with van der Waals surface area (Å²) in [6.07, 6.45) is 4.57. The van der Waals surface area contributed by atoms with Gasteiger partial charge >= 0.3 is 0 Å². The Morgan fingerprint density at radius 1 is 0.964 bits per heavy atom. The van der Waals surface area contributed by atoms with Gasteiger partial charge in [-0.3, -0.25) is 0 Å². The number of unbranched alkanes of at least 4 members (excludes halogenated alkanes) is 1. The third kappa shape index (κ3) is 5.61. The van der Waals surface area contributed by atoms with Gasteiger partial charge in [-0.25, -0.2) is 9.97 Å². The highest BCUT2D eigenvalue weighted by Gasteiger charge is 2.08.